The highest BCUT2D eigenvalue weighted by Crippen LogP contribution is 2.30. The zero-order valence-electron chi connectivity index (χ0n) is 11.9. The number of rotatable bonds is 4. The topological polar surface area (TPSA) is 40.5 Å². The van der Waals surface area contributed by atoms with Crippen LogP contribution in [0.25, 0.3) is 0 Å². The molecular weight excluding hydrogens is 238 g/mol. The highest BCUT2D eigenvalue weighted by atomic mass is 16.3. The minimum absolute atomic E-state index is 0.0111. The summed E-state index contributed by atoms with van der Waals surface area (Å²) in [6, 6.07) is 7.73. The van der Waals surface area contributed by atoms with Crippen molar-refractivity contribution in [2.75, 3.05) is 13.6 Å². The molecule has 104 valence electrons. The highest BCUT2D eigenvalue weighted by molar-refractivity contribution is 5.94. The maximum atomic E-state index is 12.3. The molecule has 0 aromatic heterocycles. The average molecular weight is 261 g/mol. The van der Waals surface area contributed by atoms with E-state index in [1.807, 2.05) is 24.3 Å². The van der Waals surface area contributed by atoms with E-state index in [4.69, 9.17) is 0 Å². The number of amides is 1. The van der Waals surface area contributed by atoms with Crippen molar-refractivity contribution >= 4 is 5.91 Å². The summed E-state index contributed by atoms with van der Waals surface area (Å²) in [5, 5.41) is 10.3. The molecule has 3 heteroatoms. The molecule has 1 saturated carbocycles. The van der Waals surface area contributed by atoms with Crippen molar-refractivity contribution in [2.45, 2.75) is 44.6 Å². The Hall–Kier alpha value is -1.35. The van der Waals surface area contributed by atoms with Gasteiger partial charge < -0.3 is 10.0 Å². The lowest BCUT2D eigenvalue weighted by molar-refractivity contribution is 0.0157. The van der Waals surface area contributed by atoms with Crippen LogP contribution in [0.1, 0.15) is 48.5 Å². The lowest BCUT2D eigenvalue weighted by Crippen LogP contribution is -2.42. The minimum Gasteiger partial charge on any atom is -0.388 e. The summed E-state index contributed by atoms with van der Waals surface area (Å²) >= 11 is 0. The third-order valence-electron chi connectivity index (χ3n) is 4.02. The largest absolute Gasteiger partial charge is 0.388 e. The van der Waals surface area contributed by atoms with Crippen LogP contribution < -0.4 is 0 Å². The number of aliphatic hydroxyl groups is 1. The molecule has 0 spiro atoms. The Morgan fingerprint density at radius 2 is 1.84 bits per heavy atom. The Bertz CT molecular complexity index is 433. The van der Waals surface area contributed by atoms with Crippen molar-refractivity contribution in [3.63, 3.8) is 0 Å². The van der Waals surface area contributed by atoms with Crippen LogP contribution in [0.2, 0.25) is 0 Å². The summed E-state index contributed by atoms with van der Waals surface area (Å²) < 4.78 is 0. The van der Waals surface area contributed by atoms with E-state index in [1.165, 1.54) is 5.56 Å². The predicted octanol–water partition coefficient (Wildman–Crippen LogP) is 2.63. The number of nitrogens with zero attached hydrogens (tertiary/aromatic N) is 1. The number of hydrogen-bond acceptors (Lipinski definition) is 2. The molecule has 19 heavy (non-hydrogen) atoms. The van der Waals surface area contributed by atoms with Crippen LogP contribution in [0, 0.1) is 0 Å². The molecular formula is C16H23NO2. The smallest absolute Gasteiger partial charge is 0.253 e. The van der Waals surface area contributed by atoms with Crippen LogP contribution >= 0.6 is 0 Å². The van der Waals surface area contributed by atoms with Crippen molar-refractivity contribution < 1.29 is 9.90 Å². The Labute approximate surface area is 115 Å². The van der Waals surface area contributed by atoms with E-state index in [1.54, 1.807) is 11.9 Å². The Morgan fingerprint density at radius 3 is 2.37 bits per heavy atom. The van der Waals surface area contributed by atoms with Gasteiger partial charge in [0.15, 0.2) is 0 Å². The van der Waals surface area contributed by atoms with Crippen LogP contribution in [-0.2, 0) is 6.42 Å². The first-order chi connectivity index (χ1) is 9.04. The van der Waals surface area contributed by atoms with Crippen LogP contribution in [0.3, 0.4) is 0 Å². The van der Waals surface area contributed by atoms with Gasteiger partial charge in [-0.1, -0.05) is 31.9 Å². The molecule has 1 aliphatic carbocycles. The van der Waals surface area contributed by atoms with Crippen molar-refractivity contribution in [1.29, 1.82) is 0 Å². The molecule has 0 unspecified atom stereocenters. The van der Waals surface area contributed by atoms with E-state index in [2.05, 4.69) is 6.92 Å². The quantitative estimate of drug-likeness (QED) is 0.905. The summed E-state index contributed by atoms with van der Waals surface area (Å²) in [6.45, 7) is 2.53. The van der Waals surface area contributed by atoms with Gasteiger partial charge in [-0.3, -0.25) is 4.79 Å². The molecule has 2 rings (SSSR count). The summed E-state index contributed by atoms with van der Waals surface area (Å²) in [4.78, 5) is 13.9. The summed E-state index contributed by atoms with van der Waals surface area (Å²) in [5.41, 5.74) is 1.25. The van der Waals surface area contributed by atoms with Crippen molar-refractivity contribution in [3.05, 3.63) is 35.4 Å². The number of carbonyl (C=O) groups is 1. The van der Waals surface area contributed by atoms with E-state index in [9.17, 15) is 9.90 Å². The molecule has 0 saturated heterocycles. The number of carbonyl (C=O) groups excluding carboxylic acids is 1. The molecule has 1 aliphatic rings. The molecule has 0 radical (unpaired) electrons. The minimum atomic E-state index is -0.673. The third-order valence-corrected chi connectivity index (χ3v) is 4.02. The van der Waals surface area contributed by atoms with Crippen molar-refractivity contribution in [2.24, 2.45) is 0 Å². The molecule has 3 nitrogen and oxygen atoms in total. The van der Waals surface area contributed by atoms with Gasteiger partial charge in [0.1, 0.15) is 0 Å². The molecule has 0 atom stereocenters. The van der Waals surface area contributed by atoms with Crippen LogP contribution in [0.15, 0.2) is 24.3 Å². The number of aryl methyl sites for hydroxylation is 1. The van der Waals surface area contributed by atoms with Gasteiger partial charge in [-0.2, -0.15) is 0 Å². The number of benzene rings is 1. The van der Waals surface area contributed by atoms with E-state index in [0.717, 1.165) is 32.1 Å². The SMILES string of the molecule is CCc1ccc(C(=O)N(C)CC2(O)CCCC2)cc1. The normalized spacial score (nSPS) is 17.4. The van der Waals surface area contributed by atoms with Gasteiger partial charge in [0.25, 0.3) is 5.91 Å². The first-order valence-electron chi connectivity index (χ1n) is 7.11. The second kappa shape index (κ2) is 5.74. The van der Waals surface area contributed by atoms with E-state index in [-0.39, 0.29) is 5.91 Å². The van der Waals surface area contributed by atoms with E-state index < -0.39 is 5.60 Å². The monoisotopic (exact) mass is 261 g/mol. The van der Waals surface area contributed by atoms with Gasteiger partial charge >= 0.3 is 0 Å². The zero-order valence-corrected chi connectivity index (χ0v) is 11.9. The molecule has 0 aliphatic heterocycles. The lowest BCUT2D eigenvalue weighted by atomic mass is 10.0. The number of likely N-dealkylation sites (N-methyl/N-ethyl adjacent to an activating group) is 1. The second-order valence-electron chi connectivity index (χ2n) is 5.64. The molecule has 1 aromatic carbocycles. The first kappa shape index (κ1) is 14.1. The molecule has 1 fully saturated rings. The average Bonchev–Trinajstić information content (AvgIpc) is 2.84. The van der Waals surface area contributed by atoms with E-state index >= 15 is 0 Å². The predicted molar refractivity (Wildman–Crippen MR) is 76.2 cm³/mol. The Kier molecular flexibility index (Phi) is 4.25. The van der Waals surface area contributed by atoms with Gasteiger partial charge in [-0.15, -0.1) is 0 Å². The van der Waals surface area contributed by atoms with Gasteiger partial charge in [0.05, 0.1) is 5.60 Å². The van der Waals surface area contributed by atoms with Crippen molar-refractivity contribution in [3.8, 4) is 0 Å². The second-order valence-corrected chi connectivity index (χ2v) is 5.64. The standard InChI is InChI=1S/C16H23NO2/c1-3-13-6-8-14(9-7-13)15(18)17(2)12-16(19)10-4-5-11-16/h6-9,19H,3-5,10-12H2,1-2H3. The summed E-state index contributed by atoms with van der Waals surface area (Å²) in [7, 11) is 1.77. The summed E-state index contributed by atoms with van der Waals surface area (Å²) in [5.74, 6) is -0.0111. The molecule has 1 N–H and O–H groups in total. The lowest BCUT2D eigenvalue weighted by Gasteiger charge is -2.28. The first-order valence-corrected chi connectivity index (χ1v) is 7.11. The fraction of sp³-hybridized carbons (Fsp3) is 0.562. The van der Waals surface area contributed by atoms with Gasteiger partial charge in [-0.05, 0) is 37.0 Å². The fourth-order valence-electron chi connectivity index (χ4n) is 2.81. The van der Waals surface area contributed by atoms with Crippen LogP contribution in [0.4, 0.5) is 0 Å². The van der Waals surface area contributed by atoms with Crippen molar-refractivity contribution in [1.82, 2.24) is 4.90 Å². The van der Waals surface area contributed by atoms with Gasteiger partial charge in [0.2, 0.25) is 0 Å². The van der Waals surface area contributed by atoms with Gasteiger partial charge in [0, 0.05) is 19.2 Å². The Morgan fingerprint density at radius 1 is 1.26 bits per heavy atom. The molecule has 1 amide bonds. The fourth-order valence-corrected chi connectivity index (χ4v) is 2.81. The van der Waals surface area contributed by atoms with Gasteiger partial charge in [-0.25, -0.2) is 0 Å². The van der Waals surface area contributed by atoms with Crippen LogP contribution in [0.5, 0.6) is 0 Å². The summed E-state index contributed by atoms with van der Waals surface area (Å²) in [6.07, 6.45) is 4.70. The maximum absolute atomic E-state index is 12.3. The maximum Gasteiger partial charge on any atom is 0.253 e. The Balaban J connectivity index is 2.01. The highest BCUT2D eigenvalue weighted by Gasteiger charge is 2.33. The third kappa shape index (κ3) is 3.35. The van der Waals surface area contributed by atoms with E-state index in [0.29, 0.717) is 12.1 Å². The molecule has 0 bridgehead atoms. The zero-order chi connectivity index (χ0) is 13.9. The number of hydrogen-bond donors (Lipinski definition) is 1. The van der Waals surface area contributed by atoms with Crippen LogP contribution in [-0.4, -0.2) is 35.1 Å². The molecule has 0 heterocycles. The molecule has 1 aromatic rings.